The normalized spacial score (nSPS) is 15.3. The Hall–Kier alpha value is -2.40. The van der Waals surface area contributed by atoms with Gasteiger partial charge in [-0.15, -0.1) is 0 Å². The Labute approximate surface area is 173 Å². The zero-order valence-corrected chi connectivity index (χ0v) is 18.4. The van der Waals surface area contributed by atoms with Gasteiger partial charge in [-0.05, 0) is 68.9 Å². The molecule has 0 amide bonds. The van der Waals surface area contributed by atoms with Crippen LogP contribution in [0.3, 0.4) is 0 Å². The van der Waals surface area contributed by atoms with Gasteiger partial charge < -0.3 is 14.6 Å². The number of ether oxygens (including phenoxy) is 1. The molecule has 5 nitrogen and oxygen atoms in total. The second-order valence-electron chi connectivity index (χ2n) is 8.75. The van der Waals surface area contributed by atoms with Crippen LogP contribution in [0.25, 0.3) is 22.3 Å². The highest BCUT2D eigenvalue weighted by molar-refractivity contribution is 5.86. The van der Waals surface area contributed by atoms with Gasteiger partial charge in [0.05, 0.1) is 29.4 Å². The molecule has 1 aliphatic rings. The third-order valence-corrected chi connectivity index (χ3v) is 5.74. The molecule has 1 saturated carbocycles. The molecule has 0 bridgehead atoms. The third kappa shape index (κ3) is 3.88. The number of methoxy groups -OCH3 is 1. The molecule has 154 valence electrons. The van der Waals surface area contributed by atoms with Crippen LogP contribution < -0.4 is 5.32 Å². The summed E-state index contributed by atoms with van der Waals surface area (Å²) in [5.74, 6) is 1.37. The lowest BCUT2D eigenvalue weighted by Crippen LogP contribution is -2.10. The molecule has 4 rings (SSSR count). The Kier molecular flexibility index (Phi) is 5.34. The van der Waals surface area contributed by atoms with Crippen molar-refractivity contribution in [2.45, 2.75) is 65.5 Å². The van der Waals surface area contributed by atoms with Gasteiger partial charge in [0.1, 0.15) is 5.82 Å². The summed E-state index contributed by atoms with van der Waals surface area (Å²) < 4.78 is 7.65. The van der Waals surface area contributed by atoms with Crippen LogP contribution in [0.5, 0.6) is 0 Å². The molecule has 0 aliphatic heterocycles. The average molecular weight is 393 g/mol. The van der Waals surface area contributed by atoms with Crippen molar-refractivity contribution in [2.75, 3.05) is 19.0 Å². The molecule has 3 aromatic rings. The number of aromatic nitrogens is 3. The molecular formula is C24H32N4O. The second-order valence-corrected chi connectivity index (χ2v) is 8.75. The summed E-state index contributed by atoms with van der Waals surface area (Å²) in [4.78, 5) is 10.1. The minimum atomic E-state index is 0.266. The Morgan fingerprint density at radius 2 is 1.90 bits per heavy atom. The van der Waals surface area contributed by atoms with E-state index >= 15 is 0 Å². The lowest BCUT2D eigenvalue weighted by atomic mass is 10.0. The largest absolute Gasteiger partial charge is 0.383 e. The van der Waals surface area contributed by atoms with Gasteiger partial charge in [-0.1, -0.05) is 13.8 Å². The van der Waals surface area contributed by atoms with E-state index in [2.05, 4.69) is 68.9 Å². The minimum Gasteiger partial charge on any atom is -0.383 e. The number of rotatable bonds is 7. The van der Waals surface area contributed by atoms with E-state index in [4.69, 9.17) is 14.7 Å². The zero-order valence-electron chi connectivity index (χ0n) is 18.4. The van der Waals surface area contributed by atoms with Crippen molar-refractivity contribution in [3.63, 3.8) is 0 Å². The molecule has 3 aromatic heterocycles. The average Bonchev–Trinajstić information content (AvgIpc) is 3.44. The van der Waals surface area contributed by atoms with E-state index in [0.717, 1.165) is 33.8 Å². The van der Waals surface area contributed by atoms with E-state index in [1.165, 1.54) is 24.0 Å². The first-order valence-electron chi connectivity index (χ1n) is 10.6. The maximum atomic E-state index is 5.37. The van der Waals surface area contributed by atoms with Gasteiger partial charge in [0.2, 0.25) is 0 Å². The topological polar surface area (TPSA) is 52.0 Å². The van der Waals surface area contributed by atoms with Crippen LogP contribution in [-0.4, -0.2) is 34.3 Å². The van der Waals surface area contributed by atoms with Crippen LogP contribution in [0, 0.1) is 13.8 Å². The van der Waals surface area contributed by atoms with Crippen LogP contribution in [0.4, 0.5) is 5.82 Å². The highest BCUT2D eigenvalue weighted by atomic mass is 16.5. The highest BCUT2D eigenvalue weighted by Crippen LogP contribution is 2.35. The highest BCUT2D eigenvalue weighted by Gasteiger charge is 2.24. The van der Waals surface area contributed by atoms with Crippen molar-refractivity contribution in [3.8, 4) is 11.3 Å². The first-order chi connectivity index (χ1) is 13.9. The predicted molar refractivity (Wildman–Crippen MR) is 120 cm³/mol. The molecular weight excluding hydrogens is 360 g/mol. The third-order valence-electron chi connectivity index (χ3n) is 5.74. The molecule has 0 radical (unpaired) electrons. The summed E-state index contributed by atoms with van der Waals surface area (Å²) in [5, 5.41) is 3.64. The maximum Gasteiger partial charge on any atom is 0.135 e. The van der Waals surface area contributed by atoms with Gasteiger partial charge >= 0.3 is 0 Å². The molecule has 0 spiro atoms. The predicted octanol–water partition coefficient (Wildman–Crippen LogP) is 5.62. The Balaban J connectivity index is 1.84. The van der Waals surface area contributed by atoms with Crippen molar-refractivity contribution >= 4 is 16.9 Å². The van der Waals surface area contributed by atoms with E-state index in [1.54, 1.807) is 7.11 Å². The van der Waals surface area contributed by atoms with E-state index in [9.17, 15) is 0 Å². The van der Waals surface area contributed by atoms with Crippen molar-refractivity contribution < 1.29 is 4.74 Å². The minimum absolute atomic E-state index is 0.266. The Bertz CT molecular complexity index is 1030. The van der Waals surface area contributed by atoms with Gasteiger partial charge in [-0.2, -0.15) is 0 Å². The van der Waals surface area contributed by atoms with E-state index in [1.807, 2.05) is 0 Å². The number of nitrogens with zero attached hydrogens (tertiary/aromatic N) is 3. The van der Waals surface area contributed by atoms with Crippen molar-refractivity contribution in [1.29, 1.82) is 0 Å². The molecule has 1 unspecified atom stereocenters. The fraction of sp³-hybridized carbons (Fsp3) is 0.500. The summed E-state index contributed by atoms with van der Waals surface area (Å²) in [6, 6.07) is 7.40. The van der Waals surface area contributed by atoms with Gasteiger partial charge in [-0.3, -0.25) is 0 Å². The van der Waals surface area contributed by atoms with Crippen LogP contribution in [0.15, 0.2) is 24.4 Å². The maximum absolute atomic E-state index is 5.37. The zero-order chi connectivity index (χ0) is 20.7. The second kappa shape index (κ2) is 7.79. The van der Waals surface area contributed by atoms with Gasteiger partial charge in [0, 0.05) is 30.6 Å². The van der Waals surface area contributed by atoms with Crippen molar-refractivity contribution in [3.05, 3.63) is 41.2 Å². The van der Waals surface area contributed by atoms with Crippen LogP contribution in [-0.2, 0) is 4.74 Å². The standard InChI is InChI=1S/C24H32N4O/c1-14(2)20-10-9-19(24(26-20)25-18-7-8-18)22-15(3)11-21-23(27-22)16(4)12-28(21)17(5)13-29-6/h9-12,14,17-18H,7-8,13H2,1-6H3,(H,25,26). The molecule has 1 atom stereocenters. The van der Waals surface area contributed by atoms with Crippen LogP contribution in [0.2, 0.25) is 0 Å². The number of hydrogen-bond donors (Lipinski definition) is 1. The van der Waals surface area contributed by atoms with Crippen LogP contribution >= 0.6 is 0 Å². The monoisotopic (exact) mass is 392 g/mol. The lowest BCUT2D eigenvalue weighted by molar-refractivity contribution is 0.164. The van der Waals surface area contributed by atoms with Gasteiger partial charge in [0.25, 0.3) is 0 Å². The number of aryl methyl sites for hydroxylation is 2. The molecule has 1 fully saturated rings. The SMILES string of the molecule is COCC(C)n1cc(C)c2nc(-c3ccc(C(C)C)nc3NC3CC3)c(C)cc21. The fourth-order valence-electron chi connectivity index (χ4n) is 3.90. The fourth-order valence-corrected chi connectivity index (χ4v) is 3.90. The summed E-state index contributed by atoms with van der Waals surface area (Å²) in [6.07, 6.45) is 4.63. The van der Waals surface area contributed by atoms with Gasteiger partial charge in [-0.25, -0.2) is 9.97 Å². The Morgan fingerprint density at radius 3 is 2.55 bits per heavy atom. The molecule has 3 heterocycles. The van der Waals surface area contributed by atoms with Crippen LogP contribution in [0.1, 0.15) is 62.4 Å². The number of anilines is 1. The quantitative estimate of drug-likeness (QED) is 0.567. The molecule has 0 saturated heterocycles. The number of fused-ring (bicyclic) bond motifs is 1. The first kappa shape index (κ1) is 19.9. The number of pyridine rings is 2. The Morgan fingerprint density at radius 1 is 1.14 bits per heavy atom. The smallest absolute Gasteiger partial charge is 0.135 e. The molecule has 29 heavy (non-hydrogen) atoms. The lowest BCUT2D eigenvalue weighted by Gasteiger charge is -2.17. The summed E-state index contributed by atoms with van der Waals surface area (Å²) in [7, 11) is 1.75. The van der Waals surface area contributed by atoms with E-state index in [-0.39, 0.29) is 6.04 Å². The van der Waals surface area contributed by atoms with Crippen molar-refractivity contribution in [2.24, 2.45) is 0 Å². The first-order valence-corrected chi connectivity index (χ1v) is 10.6. The summed E-state index contributed by atoms with van der Waals surface area (Å²) in [5.41, 5.74) is 7.80. The number of nitrogens with one attached hydrogen (secondary N) is 1. The number of hydrogen-bond acceptors (Lipinski definition) is 4. The van der Waals surface area contributed by atoms with Crippen molar-refractivity contribution in [1.82, 2.24) is 14.5 Å². The molecule has 1 aliphatic carbocycles. The molecule has 5 heteroatoms. The molecule has 1 N–H and O–H groups in total. The van der Waals surface area contributed by atoms with E-state index in [0.29, 0.717) is 18.6 Å². The van der Waals surface area contributed by atoms with E-state index < -0.39 is 0 Å². The van der Waals surface area contributed by atoms with Gasteiger partial charge in [0.15, 0.2) is 0 Å². The molecule has 0 aromatic carbocycles. The summed E-state index contributed by atoms with van der Waals surface area (Å²) in [6.45, 7) is 11.5. The summed E-state index contributed by atoms with van der Waals surface area (Å²) >= 11 is 0.